The van der Waals surface area contributed by atoms with Crippen LogP contribution in [-0.4, -0.2) is 30.8 Å². The Morgan fingerprint density at radius 1 is 1.39 bits per heavy atom. The average Bonchev–Trinajstić information content (AvgIpc) is 2.36. The zero-order valence-corrected chi connectivity index (χ0v) is 11.3. The van der Waals surface area contributed by atoms with E-state index >= 15 is 0 Å². The van der Waals surface area contributed by atoms with Crippen LogP contribution in [-0.2, 0) is 4.74 Å². The Balaban J connectivity index is 1.88. The van der Waals surface area contributed by atoms with Crippen molar-refractivity contribution in [3.8, 4) is 0 Å². The second-order valence-corrected chi connectivity index (χ2v) is 4.95. The molecule has 1 saturated carbocycles. The van der Waals surface area contributed by atoms with Crippen LogP contribution in [0.4, 0.5) is 11.5 Å². The highest BCUT2D eigenvalue weighted by Gasteiger charge is 2.36. The van der Waals surface area contributed by atoms with Crippen LogP contribution in [0.5, 0.6) is 0 Å². The number of ether oxygens (including phenoxy) is 1. The van der Waals surface area contributed by atoms with Gasteiger partial charge >= 0.3 is 0 Å². The van der Waals surface area contributed by atoms with E-state index in [0.717, 1.165) is 43.9 Å². The van der Waals surface area contributed by atoms with Gasteiger partial charge in [-0.3, -0.25) is 0 Å². The summed E-state index contributed by atoms with van der Waals surface area (Å²) in [7, 11) is 1.81. The number of nitrogens with one attached hydrogen (secondary N) is 2. The van der Waals surface area contributed by atoms with Gasteiger partial charge in [-0.2, -0.15) is 0 Å². The lowest BCUT2D eigenvalue weighted by Gasteiger charge is -2.40. The van der Waals surface area contributed by atoms with Crippen molar-refractivity contribution >= 4 is 11.5 Å². The van der Waals surface area contributed by atoms with E-state index in [1.54, 1.807) is 0 Å². The summed E-state index contributed by atoms with van der Waals surface area (Å²) in [5.74, 6) is 0.932. The molecule has 0 radical (unpaired) electrons. The van der Waals surface area contributed by atoms with Crippen LogP contribution >= 0.6 is 0 Å². The van der Waals surface area contributed by atoms with Crippen molar-refractivity contribution in [1.82, 2.24) is 4.98 Å². The smallest absolute Gasteiger partial charge is 0.127 e. The number of hydrogen-bond acceptors (Lipinski definition) is 4. The highest BCUT2D eigenvalue weighted by atomic mass is 16.5. The molecule has 0 aromatic carbocycles. The van der Waals surface area contributed by atoms with Crippen molar-refractivity contribution in [2.75, 3.05) is 30.8 Å². The summed E-state index contributed by atoms with van der Waals surface area (Å²) in [6, 6.07) is 4.05. The molecule has 0 atom stereocenters. The third-order valence-electron chi connectivity index (χ3n) is 3.63. The summed E-state index contributed by atoms with van der Waals surface area (Å²) in [5.41, 5.74) is 1.16. The Labute approximate surface area is 109 Å². The highest BCUT2D eigenvalue weighted by Crippen LogP contribution is 2.35. The molecule has 1 fully saturated rings. The second kappa shape index (κ2) is 6.05. The fraction of sp³-hybridized carbons (Fsp3) is 0.643. The number of pyridine rings is 1. The molecule has 1 heterocycles. The lowest BCUT2D eigenvalue weighted by Crippen LogP contribution is -2.45. The van der Waals surface area contributed by atoms with Crippen molar-refractivity contribution in [1.29, 1.82) is 0 Å². The van der Waals surface area contributed by atoms with E-state index in [1.165, 1.54) is 6.42 Å². The molecular formula is C14H23N3O. The third kappa shape index (κ3) is 3.13. The topological polar surface area (TPSA) is 46.2 Å². The number of nitrogens with zero attached hydrogens (tertiary/aromatic N) is 1. The average molecular weight is 249 g/mol. The molecule has 1 aliphatic carbocycles. The molecule has 1 aromatic heterocycles. The number of methoxy groups -OCH3 is 1. The number of hydrogen-bond donors (Lipinski definition) is 2. The first-order chi connectivity index (χ1) is 8.78. The van der Waals surface area contributed by atoms with Gasteiger partial charge in [-0.05, 0) is 31.7 Å². The Morgan fingerprint density at radius 2 is 2.22 bits per heavy atom. The van der Waals surface area contributed by atoms with E-state index in [1.807, 2.05) is 19.4 Å². The predicted molar refractivity (Wildman–Crippen MR) is 75.1 cm³/mol. The SMILES string of the molecule is CCCNc1cc(NCC2(OC)CCC2)ccn1. The van der Waals surface area contributed by atoms with Gasteiger partial charge in [-0.25, -0.2) is 4.98 Å². The molecule has 100 valence electrons. The summed E-state index contributed by atoms with van der Waals surface area (Å²) < 4.78 is 5.60. The predicted octanol–water partition coefficient (Wildman–Crippen LogP) is 2.88. The summed E-state index contributed by atoms with van der Waals surface area (Å²) in [5, 5.41) is 6.74. The minimum atomic E-state index is 0.0558. The van der Waals surface area contributed by atoms with Crippen LogP contribution < -0.4 is 10.6 Å². The molecule has 4 nitrogen and oxygen atoms in total. The first-order valence-corrected chi connectivity index (χ1v) is 6.77. The summed E-state index contributed by atoms with van der Waals surface area (Å²) in [6.45, 7) is 3.98. The van der Waals surface area contributed by atoms with Gasteiger partial charge in [0.25, 0.3) is 0 Å². The number of rotatable bonds is 7. The molecule has 18 heavy (non-hydrogen) atoms. The molecule has 4 heteroatoms. The normalized spacial score (nSPS) is 17.0. The fourth-order valence-corrected chi connectivity index (χ4v) is 2.18. The van der Waals surface area contributed by atoms with E-state index in [4.69, 9.17) is 4.74 Å². The molecule has 0 saturated heterocycles. The molecule has 2 N–H and O–H groups in total. The van der Waals surface area contributed by atoms with Crippen molar-refractivity contribution in [2.24, 2.45) is 0 Å². The maximum absolute atomic E-state index is 5.60. The van der Waals surface area contributed by atoms with Gasteiger partial charge in [0.15, 0.2) is 0 Å². The van der Waals surface area contributed by atoms with Crippen LogP contribution in [0.3, 0.4) is 0 Å². The van der Waals surface area contributed by atoms with Gasteiger partial charge in [0.05, 0.1) is 5.60 Å². The highest BCUT2D eigenvalue weighted by molar-refractivity contribution is 5.52. The summed E-state index contributed by atoms with van der Waals surface area (Å²) >= 11 is 0. The van der Waals surface area contributed by atoms with E-state index in [2.05, 4.69) is 28.6 Å². The second-order valence-electron chi connectivity index (χ2n) is 4.95. The van der Waals surface area contributed by atoms with Crippen LogP contribution in [0, 0.1) is 0 Å². The molecule has 1 aromatic rings. The zero-order chi connectivity index (χ0) is 12.8. The lowest BCUT2D eigenvalue weighted by atomic mass is 9.80. The lowest BCUT2D eigenvalue weighted by molar-refractivity contribution is -0.0601. The van der Waals surface area contributed by atoms with Crippen molar-refractivity contribution in [3.05, 3.63) is 18.3 Å². The van der Waals surface area contributed by atoms with E-state index in [0.29, 0.717) is 0 Å². The van der Waals surface area contributed by atoms with Crippen molar-refractivity contribution in [2.45, 2.75) is 38.2 Å². The quantitative estimate of drug-likeness (QED) is 0.780. The van der Waals surface area contributed by atoms with Gasteiger partial charge in [0, 0.05) is 38.1 Å². The third-order valence-corrected chi connectivity index (χ3v) is 3.63. The van der Waals surface area contributed by atoms with Crippen molar-refractivity contribution < 1.29 is 4.74 Å². The summed E-state index contributed by atoms with van der Waals surface area (Å²) in [4.78, 5) is 4.29. The van der Waals surface area contributed by atoms with E-state index in [9.17, 15) is 0 Å². The van der Waals surface area contributed by atoms with Crippen LogP contribution in [0.1, 0.15) is 32.6 Å². The van der Waals surface area contributed by atoms with Crippen molar-refractivity contribution in [3.63, 3.8) is 0 Å². The molecule has 0 amide bonds. The Bertz CT molecular complexity index is 372. The van der Waals surface area contributed by atoms with Gasteiger partial charge in [0.1, 0.15) is 5.82 Å². The molecule has 0 spiro atoms. The zero-order valence-electron chi connectivity index (χ0n) is 11.3. The molecule has 2 rings (SSSR count). The number of anilines is 2. The minimum absolute atomic E-state index is 0.0558. The van der Waals surface area contributed by atoms with Gasteiger partial charge < -0.3 is 15.4 Å². The largest absolute Gasteiger partial charge is 0.382 e. The molecule has 0 bridgehead atoms. The fourth-order valence-electron chi connectivity index (χ4n) is 2.18. The maximum atomic E-state index is 5.60. The molecule has 0 aliphatic heterocycles. The number of aromatic nitrogens is 1. The standard InChI is InChI=1S/C14H23N3O/c1-3-8-15-13-10-12(5-9-16-13)17-11-14(18-2)6-4-7-14/h5,9-10H,3-4,6-8,11H2,1-2H3,(H2,15,16,17). The van der Waals surface area contributed by atoms with Gasteiger partial charge in [-0.15, -0.1) is 0 Å². The Morgan fingerprint density at radius 3 is 2.83 bits per heavy atom. The van der Waals surface area contributed by atoms with Crippen LogP contribution in [0.25, 0.3) is 0 Å². The minimum Gasteiger partial charge on any atom is -0.382 e. The first kappa shape index (κ1) is 13.1. The van der Waals surface area contributed by atoms with Gasteiger partial charge in [-0.1, -0.05) is 6.92 Å². The first-order valence-electron chi connectivity index (χ1n) is 6.77. The summed E-state index contributed by atoms with van der Waals surface area (Å²) in [6.07, 6.45) is 6.52. The Hall–Kier alpha value is -1.29. The van der Waals surface area contributed by atoms with Gasteiger partial charge in [0.2, 0.25) is 0 Å². The van der Waals surface area contributed by atoms with Crippen LogP contribution in [0.2, 0.25) is 0 Å². The van der Waals surface area contributed by atoms with E-state index in [-0.39, 0.29) is 5.60 Å². The molecule has 1 aliphatic rings. The maximum Gasteiger partial charge on any atom is 0.127 e. The molecular weight excluding hydrogens is 226 g/mol. The van der Waals surface area contributed by atoms with E-state index < -0.39 is 0 Å². The van der Waals surface area contributed by atoms with Crippen LogP contribution in [0.15, 0.2) is 18.3 Å². The Kier molecular flexibility index (Phi) is 4.42. The molecule has 0 unspecified atom stereocenters. The monoisotopic (exact) mass is 249 g/mol.